The highest BCUT2D eigenvalue weighted by Crippen LogP contribution is 2.63. The highest BCUT2D eigenvalue weighted by atomic mass is 14.6. The Hall–Kier alpha value is 0. The summed E-state index contributed by atoms with van der Waals surface area (Å²) in [4.78, 5) is 0. The van der Waals surface area contributed by atoms with E-state index >= 15 is 0 Å². The molecule has 0 heteroatoms. The fourth-order valence-corrected chi connectivity index (χ4v) is 8.14. The van der Waals surface area contributed by atoms with Crippen LogP contribution in [0.5, 0.6) is 0 Å². The zero-order valence-corrected chi connectivity index (χ0v) is 13.1. The van der Waals surface area contributed by atoms with Crippen LogP contribution in [-0.2, 0) is 0 Å². The maximum absolute atomic E-state index is 1.65. The first-order chi connectivity index (χ1) is 9.92. The molecule has 0 aromatic rings. The van der Waals surface area contributed by atoms with Gasteiger partial charge in [-0.15, -0.1) is 0 Å². The Morgan fingerprint density at radius 3 is 2.00 bits per heavy atom. The molecule has 0 nitrogen and oxygen atoms in total. The van der Waals surface area contributed by atoms with Gasteiger partial charge in [-0.2, -0.15) is 0 Å². The summed E-state index contributed by atoms with van der Waals surface area (Å²) in [5, 5.41) is 0. The molecule has 0 radical (unpaired) electrons. The van der Waals surface area contributed by atoms with Gasteiger partial charge in [-0.05, 0) is 85.9 Å². The zero-order chi connectivity index (χ0) is 13.1. The van der Waals surface area contributed by atoms with Gasteiger partial charge in [-0.3, -0.25) is 0 Å². The maximum atomic E-state index is 1.65. The van der Waals surface area contributed by atoms with E-state index in [9.17, 15) is 0 Å². The van der Waals surface area contributed by atoms with Crippen LogP contribution in [0.4, 0.5) is 0 Å². The Morgan fingerprint density at radius 1 is 0.400 bits per heavy atom. The van der Waals surface area contributed by atoms with Crippen LogP contribution in [0.1, 0.15) is 77.0 Å². The summed E-state index contributed by atoms with van der Waals surface area (Å²) >= 11 is 0. The van der Waals surface area contributed by atoms with E-state index in [1.807, 2.05) is 0 Å². The van der Waals surface area contributed by atoms with Crippen molar-refractivity contribution in [1.29, 1.82) is 0 Å². The van der Waals surface area contributed by atoms with Crippen LogP contribution in [0, 0.1) is 47.3 Å². The van der Waals surface area contributed by atoms with Crippen molar-refractivity contribution in [3.05, 3.63) is 0 Å². The van der Waals surface area contributed by atoms with E-state index in [1.54, 1.807) is 77.0 Å². The van der Waals surface area contributed by atoms with E-state index in [2.05, 4.69) is 0 Å². The molecule has 0 aliphatic heterocycles. The lowest BCUT2D eigenvalue weighted by Gasteiger charge is -2.61. The first kappa shape index (κ1) is 12.5. The molecule has 8 unspecified atom stereocenters. The third-order valence-corrected chi connectivity index (χ3v) is 8.62. The SMILES string of the molecule is C1CCC2C(C1)CC1CCC3CCCC4CCC2C1C34. The molecule has 5 fully saturated rings. The molecule has 20 heavy (non-hydrogen) atoms. The second kappa shape index (κ2) is 4.75. The molecule has 5 aliphatic carbocycles. The van der Waals surface area contributed by atoms with Crippen LogP contribution in [0.3, 0.4) is 0 Å². The average molecular weight is 272 g/mol. The Bertz CT molecular complexity index is 366. The third kappa shape index (κ3) is 1.72. The molecule has 0 bridgehead atoms. The topological polar surface area (TPSA) is 0 Å². The first-order valence-electron chi connectivity index (χ1n) is 9.92. The van der Waals surface area contributed by atoms with Gasteiger partial charge in [0, 0.05) is 0 Å². The summed E-state index contributed by atoms with van der Waals surface area (Å²) in [7, 11) is 0. The Kier molecular flexibility index (Phi) is 2.98. The summed E-state index contributed by atoms with van der Waals surface area (Å²) in [6.07, 6.45) is 19.3. The van der Waals surface area contributed by atoms with Gasteiger partial charge in [0.2, 0.25) is 0 Å². The Labute approximate surface area is 125 Å². The van der Waals surface area contributed by atoms with Crippen LogP contribution in [-0.4, -0.2) is 0 Å². The zero-order valence-electron chi connectivity index (χ0n) is 13.1. The predicted molar refractivity (Wildman–Crippen MR) is 83.3 cm³/mol. The number of hydrogen-bond acceptors (Lipinski definition) is 0. The van der Waals surface area contributed by atoms with Crippen LogP contribution in [0.25, 0.3) is 0 Å². The summed E-state index contributed by atoms with van der Waals surface area (Å²) in [6.45, 7) is 0. The molecular weight excluding hydrogens is 240 g/mol. The summed E-state index contributed by atoms with van der Waals surface area (Å²) in [5.74, 6) is 9.41. The van der Waals surface area contributed by atoms with Gasteiger partial charge in [0.25, 0.3) is 0 Å². The smallest absolute Gasteiger partial charge is 0.0321 e. The number of rotatable bonds is 0. The summed E-state index contributed by atoms with van der Waals surface area (Å²) in [6, 6.07) is 0. The minimum Gasteiger partial charge on any atom is -0.0530 e. The van der Waals surface area contributed by atoms with Gasteiger partial charge in [0.15, 0.2) is 0 Å². The molecule has 0 aromatic carbocycles. The summed E-state index contributed by atoms with van der Waals surface area (Å²) < 4.78 is 0. The van der Waals surface area contributed by atoms with Crippen LogP contribution in [0.15, 0.2) is 0 Å². The minimum absolute atomic E-state index is 1.16. The van der Waals surface area contributed by atoms with Crippen molar-refractivity contribution in [2.75, 3.05) is 0 Å². The molecule has 0 saturated heterocycles. The highest BCUT2D eigenvalue weighted by molar-refractivity contribution is 5.04. The lowest BCUT2D eigenvalue weighted by molar-refractivity contribution is -0.121. The molecule has 0 heterocycles. The average Bonchev–Trinajstić information content (AvgIpc) is 2.52. The van der Waals surface area contributed by atoms with Gasteiger partial charge in [-0.1, -0.05) is 38.5 Å². The number of fused-ring (bicyclic) bond motifs is 2. The predicted octanol–water partition coefficient (Wildman–Crippen LogP) is 5.67. The van der Waals surface area contributed by atoms with Crippen molar-refractivity contribution in [2.45, 2.75) is 77.0 Å². The Balaban J connectivity index is 1.49. The van der Waals surface area contributed by atoms with Crippen LogP contribution in [0.2, 0.25) is 0 Å². The molecular formula is C20H32. The lowest BCUT2D eigenvalue weighted by atomic mass is 9.44. The molecule has 5 aliphatic rings. The first-order valence-corrected chi connectivity index (χ1v) is 9.92. The summed E-state index contributed by atoms with van der Waals surface area (Å²) in [5.41, 5.74) is 0. The minimum atomic E-state index is 1.16. The molecule has 8 atom stereocenters. The van der Waals surface area contributed by atoms with E-state index < -0.39 is 0 Å². The fraction of sp³-hybridized carbons (Fsp3) is 1.00. The number of hydrogen-bond donors (Lipinski definition) is 0. The molecule has 5 rings (SSSR count). The van der Waals surface area contributed by atoms with E-state index in [0.717, 1.165) is 17.8 Å². The highest BCUT2D eigenvalue weighted by Gasteiger charge is 2.55. The normalized spacial score (nSPS) is 57.6. The van der Waals surface area contributed by atoms with Crippen molar-refractivity contribution in [3.63, 3.8) is 0 Å². The van der Waals surface area contributed by atoms with E-state index in [-0.39, 0.29) is 0 Å². The monoisotopic (exact) mass is 272 g/mol. The van der Waals surface area contributed by atoms with E-state index in [0.29, 0.717) is 0 Å². The molecule has 5 saturated carbocycles. The quantitative estimate of drug-likeness (QED) is 0.533. The van der Waals surface area contributed by atoms with Crippen LogP contribution < -0.4 is 0 Å². The van der Waals surface area contributed by atoms with Gasteiger partial charge < -0.3 is 0 Å². The largest absolute Gasteiger partial charge is 0.0530 e. The van der Waals surface area contributed by atoms with Crippen LogP contribution >= 0.6 is 0 Å². The molecule has 0 aromatic heterocycles. The van der Waals surface area contributed by atoms with Crippen molar-refractivity contribution >= 4 is 0 Å². The molecule has 0 N–H and O–H groups in total. The standard InChI is InChI=1S/C20H32/c1-2-7-17-15(4-1)12-16-9-8-13-5-3-6-14-10-11-18(17)20(16)19(13)14/h13-20H,1-12H2. The third-order valence-electron chi connectivity index (χ3n) is 8.62. The van der Waals surface area contributed by atoms with Gasteiger partial charge >= 0.3 is 0 Å². The van der Waals surface area contributed by atoms with Gasteiger partial charge in [0.1, 0.15) is 0 Å². The van der Waals surface area contributed by atoms with Crippen molar-refractivity contribution in [1.82, 2.24) is 0 Å². The second-order valence-corrected chi connectivity index (χ2v) is 9.13. The van der Waals surface area contributed by atoms with Crippen molar-refractivity contribution in [3.8, 4) is 0 Å². The Morgan fingerprint density at radius 2 is 1.10 bits per heavy atom. The van der Waals surface area contributed by atoms with Crippen molar-refractivity contribution in [2.24, 2.45) is 47.3 Å². The molecule has 112 valence electrons. The van der Waals surface area contributed by atoms with E-state index in [4.69, 9.17) is 0 Å². The fourth-order valence-electron chi connectivity index (χ4n) is 8.14. The molecule has 0 amide bonds. The van der Waals surface area contributed by atoms with Gasteiger partial charge in [0.05, 0.1) is 0 Å². The maximum Gasteiger partial charge on any atom is -0.0321 e. The second-order valence-electron chi connectivity index (χ2n) is 9.13. The van der Waals surface area contributed by atoms with E-state index in [1.165, 1.54) is 29.6 Å². The van der Waals surface area contributed by atoms with Gasteiger partial charge in [-0.25, -0.2) is 0 Å². The lowest BCUT2D eigenvalue weighted by Crippen LogP contribution is -2.54. The van der Waals surface area contributed by atoms with Crippen molar-refractivity contribution < 1.29 is 0 Å². The molecule has 0 spiro atoms.